The highest BCUT2D eigenvalue weighted by Gasteiger charge is 2.13. The summed E-state index contributed by atoms with van der Waals surface area (Å²) < 4.78 is 18.8. The van der Waals surface area contributed by atoms with Crippen molar-refractivity contribution in [3.8, 4) is 5.75 Å². The smallest absolute Gasteiger partial charge is 0.275 e. The van der Waals surface area contributed by atoms with E-state index in [0.717, 1.165) is 10.8 Å². The van der Waals surface area contributed by atoms with Crippen molar-refractivity contribution in [3.05, 3.63) is 77.6 Å². The molecule has 4 nitrogen and oxygen atoms in total. The molecule has 120 valence electrons. The molecule has 3 rings (SSSR count). The van der Waals surface area contributed by atoms with Gasteiger partial charge in [0.05, 0.1) is 18.9 Å². The van der Waals surface area contributed by atoms with Gasteiger partial charge in [0.1, 0.15) is 11.6 Å². The maximum Gasteiger partial charge on any atom is 0.275 e. The van der Waals surface area contributed by atoms with Gasteiger partial charge in [-0.2, -0.15) is 5.10 Å². The van der Waals surface area contributed by atoms with E-state index >= 15 is 0 Å². The number of methoxy groups -OCH3 is 1. The number of ether oxygens (including phenoxy) is 1. The lowest BCUT2D eigenvalue weighted by Gasteiger charge is -2.09. The molecule has 1 N–H and O–H groups in total. The summed E-state index contributed by atoms with van der Waals surface area (Å²) in [7, 11) is 1.50. The summed E-state index contributed by atoms with van der Waals surface area (Å²) in [6, 6.07) is 17.4. The average Bonchev–Trinajstić information content (AvgIpc) is 2.62. The fraction of sp³-hybridized carbons (Fsp3) is 0.0526. The first-order valence-electron chi connectivity index (χ1n) is 7.34. The Bertz CT molecular complexity index is 922. The predicted octanol–water partition coefficient (Wildman–Crippen LogP) is 3.75. The molecule has 0 atom stereocenters. The Kier molecular flexibility index (Phi) is 4.52. The molecule has 24 heavy (non-hydrogen) atoms. The molecule has 0 unspecified atom stereocenters. The molecular weight excluding hydrogens is 307 g/mol. The summed E-state index contributed by atoms with van der Waals surface area (Å²) in [5.41, 5.74) is 3.06. The van der Waals surface area contributed by atoms with Gasteiger partial charge in [0.15, 0.2) is 0 Å². The fourth-order valence-electron chi connectivity index (χ4n) is 2.37. The minimum absolute atomic E-state index is 0.295. The summed E-state index contributed by atoms with van der Waals surface area (Å²) in [6.45, 7) is 0. The maximum absolute atomic E-state index is 13.5. The topological polar surface area (TPSA) is 50.7 Å². The third kappa shape index (κ3) is 3.25. The minimum atomic E-state index is -0.426. The van der Waals surface area contributed by atoms with Gasteiger partial charge in [-0.1, -0.05) is 42.5 Å². The van der Waals surface area contributed by atoms with Crippen LogP contribution in [0.5, 0.6) is 5.75 Å². The van der Waals surface area contributed by atoms with Crippen LogP contribution in [-0.2, 0) is 0 Å². The summed E-state index contributed by atoms with van der Waals surface area (Å²) in [6.07, 6.45) is 1.26. The van der Waals surface area contributed by atoms with Crippen LogP contribution in [0, 0.1) is 5.82 Å². The third-order valence-electron chi connectivity index (χ3n) is 3.59. The number of halogens is 1. The van der Waals surface area contributed by atoms with Gasteiger partial charge in [0.25, 0.3) is 5.91 Å². The Morgan fingerprint density at radius 3 is 2.46 bits per heavy atom. The van der Waals surface area contributed by atoms with Gasteiger partial charge in [-0.3, -0.25) is 4.79 Å². The Balaban J connectivity index is 1.84. The predicted molar refractivity (Wildman–Crippen MR) is 92.0 cm³/mol. The molecule has 1 amide bonds. The van der Waals surface area contributed by atoms with Crippen molar-refractivity contribution in [2.45, 2.75) is 0 Å². The number of rotatable bonds is 4. The average molecular weight is 322 g/mol. The second kappa shape index (κ2) is 6.91. The first-order chi connectivity index (χ1) is 11.7. The van der Waals surface area contributed by atoms with Crippen molar-refractivity contribution < 1.29 is 13.9 Å². The number of hydrogen-bond donors (Lipinski definition) is 1. The number of fused-ring (bicyclic) bond motifs is 1. The molecule has 0 fully saturated rings. The molecule has 0 bridgehead atoms. The molecule has 0 saturated carbocycles. The van der Waals surface area contributed by atoms with Gasteiger partial charge in [0, 0.05) is 5.56 Å². The van der Waals surface area contributed by atoms with E-state index in [0.29, 0.717) is 16.9 Å². The van der Waals surface area contributed by atoms with Gasteiger partial charge >= 0.3 is 0 Å². The largest absolute Gasteiger partial charge is 0.496 e. The first-order valence-corrected chi connectivity index (χ1v) is 7.34. The quantitative estimate of drug-likeness (QED) is 0.587. The summed E-state index contributed by atoms with van der Waals surface area (Å²) >= 11 is 0. The molecule has 0 aromatic heterocycles. The van der Waals surface area contributed by atoms with Crippen LogP contribution in [-0.4, -0.2) is 19.2 Å². The molecule has 0 saturated heterocycles. The fourth-order valence-corrected chi connectivity index (χ4v) is 2.37. The van der Waals surface area contributed by atoms with E-state index in [-0.39, 0.29) is 0 Å². The van der Waals surface area contributed by atoms with Crippen LogP contribution in [0.2, 0.25) is 0 Å². The van der Waals surface area contributed by atoms with Crippen LogP contribution in [0.3, 0.4) is 0 Å². The van der Waals surface area contributed by atoms with E-state index in [4.69, 9.17) is 4.74 Å². The highest BCUT2D eigenvalue weighted by molar-refractivity contribution is 6.01. The summed E-state index contributed by atoms with van der Waals surface area (Å²) in [5, 5.41) is 5.71. The van der Waals surface area contributed by atoms with E-state index < -0.39 is 11.7 Å². The Labute approximate surface area is 138 Å². The van der Waals surface area contributed by atoms with E-state index in [1.807, 2.05) is 24.3 Å². The minimum Gasteiger partial charge on any atom is -0.496 e. The van der Waals surface area contributed by atoms with Crippen LogP contribution in [0.25, 0.3) is 10.8 Å². The SMILES string of the molecule is COc1cc2ccccc2cc1C(=O)NN=Cc1ccccc1F. The molecule has 5 heteroatoms. The molecule has 0 spiro atoms. The highest BCUT2D eigenvalue weighted by Crippen LogP contribution is 2.25. The second-order valence-electron chi connectivity index (χ2n) is 5.12. The van der Waals surface area contributed by atoms with Crippen molar-refractivity contribution in [2.24, 2.45) is 5.10 Å². The van der Waals surface area contributed by atoms with Gasteiger partial charge in [-0.05, 0) is 29.0 Å². The molecule has 0 heterocycles. The number of nitrogens with one attached hydrogen (secondary N) is 1. The number of benzene rings is 3. The lowest BCUT2D eigenvalue weighted by molar-refractivity contribution is 0.0952. The van der Waals surface area contributed by atoms with E-state index in [1.165, 1.54) is 19.4 Å². The van der Waals surface area contributed by atoms with Crippen LogP contribution in [0.4, 0.5) is 4.39 Å². The van der Waals surface area contributed by atoms with Gasteiger partial charge in [-0.25, -0.2) is 9.82 Å². The number of hydrogen-bond acceptors (Lipinski definition) is 3. The molecule has 0 aliphatic rings. The lowest BCUT2D eigenvalue weighted by Crippen LogP contribution is -2.18. The number of carbonyl (C=O) groups is 1. The molecule has 0 aliphatic heterocycles. The molecule has 0 radical (unpaired) electrons. The summed E-state index contributed by atoms with van der Waals surface area (Å²) in [4.78, 5) is 12.3. The van der Waals surface area contributed by atoms with Gasteiger partial charge < -0.3 is 4.74 Å². The number of amides is 1. The second-order valence-corrected chi connectivity index (χ2v) is 5.12. The zero-order chi connectivity index (χ0) is 16.9. The zero-order valence-corrected chi connectivity index (χ0v) is 13.0. The zero-order valence-electron chi connectivity index (χ0n) is 13.0. The number of hydrazone groups is 1. The van der Waals surface area contributed by atoms with Crippen molar-refractivity contribution in [1.29, 1.82) is 0 Å². The molecule has 3 aromatic rings. The molecule has 0 aliphatic carbocycles. The standard InChI is InChI=1S/C19H15FN2O2/c1-24-18-11-14-7-3-2-6-13(14)10-16(18)19(23)22-21-12-15-8-4-5-9-17(15)20/h2-12H,1H3,(H,22,23). The number of carbonyl (C=O) groups excluding carboxylic acids is 1. The lowest BCUT2D eigenvalue weighted by atomic mass is 10.1. The monoisotopic (exact) mass is 322 g/mol. The van der Waals surface area contributed by atoms with E-state index in [2.05, 4.69) is 10.5 Å². The van der Waals surface area contributed by atoms with Crippen LogP contribution >= 0.6 is 0 Å². The van der Waals surface area contributed by atoms with Crippen LogP contribution in [0.15, 0.2) is 65.8 Å². The van der Waals surface area contributed by atoms with Crippen molar-refractivity contribution >= 4 is 22.9 Å². The Morgan fingerprint density at radius 2 is 1.75 bits per heavy atom. The van der Waals surface area contributed by atoms with Crippen LogP contribution < -0.4 is 10.2 Å². The Morgan fingerprint density at radius 1 is 1.08 bits per heavy atom. The molecule has 3 aromatic carbocycles. The Hall–Kier alpha value is -3.21. The first kappa shape index (κ1) is 15.7. The normalized spacial score (nSPS) is 10.9. The van der Waals surface area contributed by atoms with Crippen molar-refractivity contribution in [2.75, 3.05) is 7.11 Å². The highest BCUT2D eigenvalue weighted by atomic mass is 19.1. The van der Waals surface area contributed by atoms with E-state index in [1.54, 1.807) is 30.3 Å². The maximum atomic E-state index is 13.5. The molecular formula is C19H15FN2O2. The van der Waals surface area contributed by atoms with Gasteiger partial charge in [-0.15, -0.1) is 0 Å². The van der Waals surface area contributed by atoms with Crippen LogP contribution in [0.1, 0.15) is 15.9 Å². The number of nitrogens with zero attached hydrogens (tertiary/aromatic N) is 1. The summed E-state index contributed by atoms with van der Waals surface area (Å²) in [5.74, 6) is -0.378. The van der Waals surface area contributed by atoms with Gasteiger partial charge in [0.2, 0.25) is 0 Å². The van der Waals surface area contributed by atoms with Crippen molar-refractivity contribution in [1.82, 2.24) is 5.43 Å². The van der Waals surface area contributed by atoms with Crippen molar-refractivity contribution in [3.63, 3.8) is 0 Å². The van der Waals surface area contributed by atoms with E-state index in [9.17, 15) is 9.18 Å². The third-order valence-corrected chi connectivity index (χ3v) is 3.59.